The molecule has 112 valence electrons. The zero-order chi connectivity index (χ0) is 15.6. The lowest BCUT2D eigenvalue weighted by atomic mass is 9.97. The molecule has 0 saturated carbocycles. The molecule has 0 spiro atoms. The normalized spacial score (nSPS) is 13.0. The summed E-state index contributed by atoms with van der Waals surface area (Å²) in [5.41, 5.74) is 0.770. The van der Waals surface area contributed by atoms with Gasteiger partial charge in [-0.1, -0.05) is 30.3 Å². The molecule has 2 rings (SSSR count). The Hall–Kier alpha value is -1.68. The molecule has 0 bridgehead atoms. The van der Waals surface area contributed by atoms with Crippen LogP contribution in [0.4, 0.5) is 13.2 Å². The van der Waals surface area contributed by atoms with Crippen molar-refractivity contribution in [2.45, 2.75) is 18.5 Å². The molecule has 0 aliphatic rings. The van der Waals surface area contributed by atoms with Gasteiger partial charge in [-0.3, -0.25) is 0 Å². The van der Waals surface area contributed by atoms with Crippen LogP contribution >= 0.6 is 11.6 Å². The van der Waals surface area contributed by atoms with Crippen molar-refractivity contribution in [1.29, 1.82) is 0 Å². The van der Waals surface area contributed by atoms with Crippen molar-refractivity contribution in [3.05, 3.63) is 64.7 Å². The summed E-state index contributed by atoms with van der Waals surface area (Å²) in [7, 11) is 1.54. The minimum absolute atomic E-state index is 0.0521. The predicted molar refractivity (Wildman–Crippen MR) is 76.9 cm³/mol. The van der Waals surface area contributed by atoms with Crippen LogP contribution in [0.2, 0.25) is 0 Å². The second-order valence-corrected chi connectivity index (χ2v) is 5.11. The zero-order valence-electron chi connectivity index (χ0n) is 11.5. The molecule has 0 aromatic heterocycles. The first kappa shape index (κ1) is 15.7. The predicted octanol–water partition coefficient (Wildman–Crippen LogP) is 5.35. The number of aryl methyl sites for hydroxylation is 1. The van der Waals surface area contributed by atoms with Gasteiger partial charge in [0, 0.05) is 0 Å². The molecular formula is C16H14ClF3O. The van der Waals surface area contributed by atoms with Crippen LogP contribution < -0.4 is 4.74 Å². The quantitative estimate of drug-likeness (QED) is 0.694. The van der Waals surface area contributed by atoms with E-state index in [2.05, 4.69) is 0 Å². The molecule has 5 heteroatoms. The first-order chi connectivity index (χ1) is 9.84. The fourth-order valence-corrected chi connectivity index (χ4v) is 2.54. The van der Waals surface area contributed by atoms with Crippen molar-refractivity contribution in [2.75, 3.05) is 7.11 Å². The minimum Gasteiger partial charge on any atom is -0.496 e. The maximum atomic E-state index is 13.0. The standard InChI is InChI=1S/C16H14ClF3O/c1-10-9-11(7-8-14(10)21-2)15(17)12-5-3-4-6-13(12)16(18,19)20/h3-9,15H,1-2H3. The van der Waals surface area contributed by atoms with Gasteiger partial charge in [-0.05, 0) is 35.7 Å². The van der Waals surface area contributed by atoms with E-state index in [9.17, 15) is 13.2 Å². The number of hydrogen-bond donors (Lipinski definition) is 0. The zero-order valence-corrected chi connectivity index (χ0v) is 12.3. The minimum atomic E-state index is -4.43. The molecule has 0 fully saturated rings. The molecule has 0 amide bonds. The second-order valence-electron chi connectivity index (χ2n) is 4.68. The van der Waals surface area contributed by atoms with Gasteiger partial charge in [-0.2, -0.15) is 13.2 Å². The highest BCUT2D eigenvalue weighted by molar-refractivity contribution is 6.22. The van der Waals surface area contributed by atoms with Crippen LogP contribution in [-0.2, 0) is 6.18 Å². The summed E-state index contributed by atoms with van der Waals surface area (Å²) < 4.78 is 44.3. The molecule has 0 radical (unpaired) electrons. The summed E-state index contributed by atoms with van der Waals surface area (Å²) in [5, 5.41) is -0.868. The third kappa shape index (κ3) is 3.32. The van der Waals surface area contributed by atoms with Crippen molar-refractivity contribution in [3.63, 3.8) is 0 Å². The molecule has 0 aliphatic heterocycles. The van der Waals surface area contributed by atoms with Gasteiger partial charge in [0.2, 0.25) is 0 Å². The van der Waals surface area contributed by atoms with Crippen LogP contribution in [-0.4, -0.2) is 7.11 Å². The van der Waals surface area contributed by atoms with E-state index in [0.717, 1.165) is 11.6 Å². The average Bonchev–Trinajstić information content (AvgIpc) is 2.45. The number of methoxy groups -OCH3 is 1. The van der Waals surface area contributed by atoms with Gasteiger partial charge in [-0.25, -0.2) is 0 Å². The van der Waals surface area contributed by atoms with Crippen molar-refractivity contribution in [2.24, 2.45) is 0 Å². The summed E-state index contributed by atoms with van der Waals surface area (Å²) in [6, 6.07) is 10.5. The molecule has 0 N–H and O–H groups in total. The molecule has 1 atom stereocenters. The highest BCUT2D eigenvalue weighted by Gasteiger charge is 2.34. The smallest absolute Gasteiger partial charge is 0.416 e. The van der Waals surface area contributed by atoms with Crippen LogP contribution in [0.1, 0.15) is 27.6 Å². The summed E-state index contributed by atoms with van der Waals surface area (Å²) in [4.78, 5) is 0. The molecule has 1 nitrogen and oxygen atoms in total. The van der Waals surface area contributed by atoms with Gasteiger partial charge in [0.25, 0.3) is 0 Å². The second kappa shape index (κ2) is 5.98. The SMILES string of the molecule is COc1ccc(C(Cl)c2ccccc2C(F)(F)F)cc1C. The van der Waals surface area contributed by atoms with E-state index in [0.29, 0.717) is 11.3 Å². The molecule has 2 aromatic rings. The van der Waals surface area contributed by atoms with Gasteiger partial charge in [0.05, 0.1) is 18.1 Å². The summed E-state index contributed by atoms with van der Waals surface area (Å²) in [6.07, 6.45) is -4.43. The Morgan fingerprint density at radius 2 is 1.76 bits per heavy atom. The molecular weight excluding hydrogens is 301 g/mol. The van der Waals surface area contributed by atoms with E-state index in [1.54, 1.807) is 31.4 Å². The van der Waals surface area contributed by atoms with Crippen LogP contribution in [0.5, 0.6) is 5.75 Å². The number of benzene rings is 2. The number of rotatable bonds is 3. The fraction of sp³-hybridized carbons (Fsp3) is 0.250. The number of alkyl halides is 4. The lowest BCUT2D eigenvalue weighted by molar-refractivity contribution is -0.138. The monoisotopic (exact) mass is 314 g/mol. The van der Waals surface area contributed by atoms with Gasteiger partial charge in [0.1, 0.15) is 5.75 Å². The van der Waals surface area contributed by atoms with Gasteiger partial charge < -0.3 is 4.74 Å². The Morgan fingerprint density at radius 1 is 1.10 bits per heavy atom. The Bertz CT molecular complexity index is 638. The van der Waals surface area contributed by atoms with Gasteiger partial charge >= 0.3 is 6.18 Å². The summed E-state index contributed by atoms with van der Waals surface area (Å²) >= 11 is 6.27. The molecule has 0 aliphatic carbocycles. The fourth-order valence-electron chi connectivity index (χ4n) is 2.22. The van der Waals surface area contributed by atoms with E-state index in [1.807, 2.05) is 6.92 Å². The Kier molecular flexibility index (Phi) is 4.47. The highest BCUT2D eigenvalue weighted by atomic mass is 35.5. The van der Waals surface area contributed by atoms with E-state index >= 15 is 0 Å². The average molecular weight is 315 g/mol. The lowest BCUT2D eigenvalue weighted by Gasteiger charge is -2.18. The first-order valence-electron chi connectivity index (χ1n) is 6.29. The van der Waals surface area contributed by atoms with Crippen LogP contribution in [0.25, 0.3) is 0 Å². The molecule has 0 saturated heterocycles. The highest BCUT2D eigenvalue weighted by Crippen LogP contribution is 2.39. The largest absolute Gasteiger partial charge is 0.496 e. The maximum Gasteiger partial charge on any atom is 0.416 e. The molecule has 21 heavy (non-hydrogen) atoms. The van der Waals surface area contributed by atoms with E-state index in [1.165, 1.54) is 12.1 Å². The van der Waals surface area contributed by atoms with Crippen molar-refractivity contribution in [3.8, 4) is 5.75 Å². The maximum absolute atomic E-state index is 13.0. The van der Waals surface area contributed by atoms with E-state index < -0.39 is 17.1 Å². The Balaban J connectivity index is 2.45. The first-order valence-corrected chi connectivity index (χ1v) is 6.73. The van der Waals surface area contributed by atoms with Crippen LogP contribution in [0.3, 0.4) is 0 Å². The number of hydrogen-bond acceptors (Lipinski definition) is 1. The van der Waals surface area contributed by atoms with Crippen LogP contribution in [0, 0.1) is 6.92 Å². The van der Waals surface area contributed by atoms with Gasteiger partial charge in [0.15, 0.2) is 0 Å². The third-order valence-corrected chi connectivity index (χ3v) is 3.74. The summed E-state index contributed by atoms with van der Waals surface area (Å²) in [6.45, 7) is 1.82. The van der Waals surface area contributed by atoms with Crippen LogP contribution in [0.15, 0.2) is 42.5 Å². The van der Waals surface area contributed by atoms with E-state index in [4.69, 9.17) is 16.3 Å². The number of ether oxygens (including phenoxy) is 1. The number of halogens is 4. The Morgan fingerprint density at radius 3 is 2.33 bits per heavy atom. The lowest BCUT2D eigenvalue weighted by Crippen LogP contribution is -2.10. The van der Waals surface area contributed by atoms with Crippen molar-refractivity contribution < 1.29 is 17.9 Å². The van der Waals surface area contributed by atoms with Gasteiger partial charge in [-0.15, -0.1) is 11.6 Å². The topological polar surface area (TPSA) is 9.23 Å². The van der Waals surface area contributed by atoms with Crippen molar-refractivity contribution >= 4 is 11.6 Å². The molecule has 0 heterocycles. The van der Waals surface area contributed by atoms with E-state index in [-0.39, 0.29) is 5.56 Å². The molecule has 2 aromatic carbocycles. The third-order valence-electron chi connectivity index (χ3n) is 3.25. The summed E-state index contributed by atoms with van der Waals surface area (Å²) in [5.74, 6) is 0.673. The van der Waals surface area contributed by atoms with Crippen molar-refractivity contribution in [1.82, 2.24) is 0 Å². The molecule has 1 unspecified atom stereocenters. The Labute approximate surface area is 126 Å².